The lowest BCUT2D eigenvalue weighted by Gasteiger charge is -2.64. The third-order valence-electron chi connectivity index (χ3n) is 7.44. The molecule has 1 nitrogen and oxygen atoms in total. The zero-order valence-electron chi connectivity index (χ0n) is 16.5. The molecular weight excluding hydrogens is 266 g/mol. The van der Waals surface area contributed by atoms with Gasteiger partial charge in [-0.1, -0.05) is 80.1 Å². The van der Waals surface area contributed by atoms with Gasteiger partial charge in [-0.25, -0.2) is 0 Å². The molecule has 1 heteroatoms. The summed E-state index contributed by atoms with van der Waals surface area (Å²) in [4.78, 5) is 2.93. The van der Waals surface area contributed by atoms with Crippen LogP contribution < -0.4 is 0 Å². The topological polar surface area (TPSA) is 3.24 Å². The summed E-state index contributed by atoms with van der Waals surface area (Å²) in [6.07, 6.45) is 14.1. The SMILES string of the molecule is CN(C1(C(C)(C)C)CCCCC1)C1(C(C)(C)C)CCCCC1. The second-order valence-electron chi connectivity index (χ2n) is 10.2. The van der Waals surface area contributed by atoms with E-state index in [4.69, 9.17) is 0 Å². The highest BCUT2D eigenvalue weighted by molar-refractivity contribution is 5.10. The van der Waals surface area contributed by atoms with Crippen LogP contribution in [0, 0.1) is 10.8 Å². The van der Waals surface area contributed by atoms with Crippen molar-refractivity contribution < 1.29 is 0 Å². The van der Waals surface area contributed by atoms with Crippen LogP contribution in [0.4, 0.5) is 0 Å². The van der Waals surface area contributed by atoms with Gasteiger partial charge in [0.2, 0.25) is 0 Å². The first kappa shape index (κ1) is 18.3. The molecule has 0 bridgehead atoms. The molecular formula is C21H41N. The van der Waals surface area contributed by atoms with Gasteiger partial charge in [0.05, 0.1) is 0 Å². The number of nitrogens with zero attached hydrogens (tertiary/aromatic N) is 1. The van der Waals surface area contributed by atoms with Crippen LogP contribution in [-0.2, 0) is 0 Å². The van der Waals surface area contributed by atoms with Crippen LogP contribution in [0.1, 0.15) is 106 Å². The Bertz CT molecular complexity index is 320. The lowest BCUT2D eigenvalue weighted by Crippen LogP contribution is -2.68. The van der Waals surface area contributed by atoms with E-state index in [-0.39, 0.29) is 0 Å². The molecule has 0 saturated heterocycles. The summed E-state index contributed by atoms with van der Waals surface area (Å²) < 4.78 is 0. The maximum atomic E-state index is 2.93. The van der Waals surface area contributed by atoms with Crippen molar-refractivity contribution in [3.8, 4) is 0 Å². The predicted molar refractivity (Wildman–Crippen MR) is 98.3 cm³/mol. The van der Waals surface area contributed by atoms with Gasteiger partial charge in [-0.2, -0.15) is 0 Å². The highest BCUT2D eigenvalue weighted by atomic mass is 15.3. The van der Waals surface area contributed by atoms with Crippen molar-refractivity contribution in [2.45, 2.75) is 117 Å². The molecule has 2 aliphatic carbocycles. The lowest BCUT2D eigenvalue weighted by atomic mass is 9.58. The highest BCUT2D eigenvalue weighted by Crippen LogP contribution is 2.55. The molecule has 0 aromatic carbocycles. The van der Waals surface area contributed by atoms with E-state index in [0.29, 0.717) is 21.9 Å². The van der Waals surface area contributed by atoms with Gasteiger partial charge in [-0.15, -0.1) is 0 Å². The van der Waals surface area contributed by atoms with Crippen LogP contribution >= 0.6 is 0 Å². The Hall–Kier alpha value is -0.0400. The minimum atomic E-state index is 0.359. The fourth-order valence-corrected chi connectivity index (χ4v) is 5.86. The molecule has 2 rings (SSSR count). The molecule has 0 amide bonds. The third-order valence-corrected chi connectivity index (χ3v) is 7.44. The van der Waals surface area contributed by atoms with Crippen molar-refractivity contribution in [3.63, 3.8) is 0 Å². The molecule has 2 aliphatic rings. The number of hydrogen-bond donors (Lipinski definition) is 0. The zero-order chi connectivity index (χ0) is 16.6. The summed E-state index contributed by atoms with van der Waals surface area (Å²) in [5.74, 6) is 0. The molecule has 130 valence electrons. The van der Waals surface area contributed by atoms with E-state index in [1.807, 2.05) is 0 Å². The molecule has 0 atom stereocenters. The van der Waals surface area contributed by atoms with Crippen LogP contribution in [0.15, 0.2) is 0 Å². The Morgan fingerprint density at radius 2 is 0.818 bits per heavy atom. The average Bonchev–Trinajstić information content (AvgIpc) is 2.45. The smallest absolute Gasteiger partial charge is 0.0260 e. The molecule has 2 saturated carbocycles. The molecule has 2 fully saturated rings. The monoisotopic (exact) mass is 307 g/mol. The van der Waals surface area contributed by atoms with Crippen LogP contribution in [0.5, 0.6) is 0 Å². The number of rotatable bonds is 2. The van der Waals surface area contributed by atoms with Crippen molar-refractivity contribution in [1.82, 2.24) is 4.90 Å². The van der Waals surface area contributed by atoms with Gasteiger partial charge in [0.25, 0.3) is 0 Å². The van der Waals surface area contributed by atoms with E-state index in [9.17, 15) is 0 Å². The summed E-state index contributed by atoms with van der Waals surface area (Å²) in [7, 11) is 2.49. The van der Waals surface area contributed by atoms with Crippen molar-refractivity contribution in [2.24, 2.45) is 10.8 Å². The summed E-state index contributed by atoms with van der Waals surface area (Å²) in [5, 5.41) is 0. The standard InChI is InChI=1S/C21H41N/c1-18(2,3)20(14-10-8-11-15-20)22(7)21(19(4,5)6)16-12-9-13-17-21/h8-17H2,1-7H3. The first-order valence-electron chi connectivity index (χ1n) is 9.81. The van der Waals surface area contributed by atoms with Crippen molar-refractivity contribution in [2.75, 3.05) is 7.05 Å². The summed E-state index contributed by atoms with van der Waals surface area (Å²) in [5.41, 5.74) is 1.49. The normalized spacial score (nSPS) is 26.2. The van der Waals surface area contributed by atoms with Gasteiger partial charge in [-0.3, -0.25) is 4.90 Å². The zero-order valence-corrected chi connectivity index (χ0v) is 16.5. The van der Waals surface area contributed by atoms with Crippen molar-refractivity contribution in [3.05, 3.63) is 0 Å². The van der Waals surface area contributed by atoms with Crippen molar-refractivity contribution >= 4 is 0 Å². The Kier molecular flexibility index (Phi) is 5.09. The highest BCUT2D eigenvalue weighted by Gasteiger charge is 2.55. The molecule has 0 radical (unpaired) electrons. The second-order valence-corrected chi connectivity index (χ2v) is 10.2. The molecule has 0 spiro atoms. The van der Waals surface area contributed by atoms with Gasteiger partial charge >= 0.3 is 0 Å². The quantitative estimate of drug-likeness (QED) is 0.569. The fourth-order valence-electron chi connectivity index (χ4n) is 5.86. The van der Waals surface area contributed by atoms with Crippen LogP contribution in [-0.4, -0.2) is 23.0 Å². The molecule has 0 N–H and O–H groups in total. The Labute approximate surface area is 140 Å². The first-order chi connectivity index (χ1) is 10.1. The van der Waals surface area contributed by atoms with Crippen LogP contribution in [0.3, 0.4) is 0 Å². The Balaban J connectivity index is 2.45. The van der Waals surface area contributed by atoms with Gasteiger partial charge in [0.15, 0.2) is 0 Å². The van der Waals surface area contributed by atoms with E-state index in [1.165, 1.54) is 64.2 Å². The molecule has 0 aliphatic heterocycles. The molecule has 0 aromatic heterocycles. The Morgan fingerprint density at radius 1 is 0.545 bits per heavy atom. The lowest BCUT2D eigenvalue weighted by molar-refractivity contribution is -0.137. The predicted octanol–water partition coefficient (Wildman–Crippen LogP) is 6.42. The molecule has 0 aromatic rings. The van der Waals surface area contributed by atoms with E-state index in [0.717, 1.165) is 0 Å². The largest absolute Gasteiger partial charge is 0.294 e. The summed E-state index contributed by atoms with van der Waals surface area (Å²) >= 11 is 0. The van der Waals surface area contributed by atoms with E-state index >= 15 is 0 Å². The van der Waals surface area contributed by atoms with E-state index in [1.54, 1.807) is 0 Å². The van der Waals surface area contributed by atoms with Crippen LogP contribution in [0.25, 0.3) is 0 Å². The third kappa shape index (κ3) is 2.87. The maximum absolute atomic E-state index is 2.93. The fraction of sp³-hybridized carbons (Fsp3) is 1.00. The molecule has 0 unspecified atom stereocenters. The van der Waals surface area contributed by atoms with Gasteiger partial charge in [-0.05, 0) is 43.6 Å². The average molecular weight is 308 g/mol. The van der Waals surface area contributed by atoms with E-state index < -0.39 is 0 Å². The Morgan fingerprint density at radius 3 is 1.05 bits per heavy atom. The van der Waals surface area contributed by atoms with Gasteiger partial charge < -0.3 is 0 Å². The minimum absolute atomic E-state index is 0.359. The van der Waals surface area contributed by atoms with E-state index in [2.05, 4.69) is 53.5 Å². The minimum Gasteiger partial charge on any atom is -0.294 e. The van der Waals surface area contributed by atoms with Gasteiger partial charge in [0.1, 0.15) is 0 Å². The second kappa shape index (κ2) is 6.11. The summed E-state index contributed by atoms with van der Waals surface area (Å²) in [6.45, 7) is 15.0. The first-order valence-corrected chi connectivity index (χ1v) is 9.81. The van der Waals surface area contributed by atoms with Crippen molar-refractivity contribution in [1.29, 1.82) is 0 Å². The molecule has 0 heterocycles. The molecule has 22 heavy (non-hydrogen) atoms. The maximum Gasteiger partial charge on any atom is 0.0260 e. The van der Waals surface area contributed by atoms with Gasteiger partial charge in [0, 0.05) is 11.1 Å². The van der Waals surface area contributed by atoms with Crippen LogP contribution in [0.2, 0.25) is 0 Å². The number of hydrogen-bond acceptors (Lipinski definition) is 1. The summed E-state index contributed by atoms with van der Waals surface area (Å²) in [6, 6.07) is 0.